The van der Waals surface area contributed by atoms with Crippen LogP contribution in [-0.2, 0) is 19.1 Å². The quantitative estimate of drug-likeness (QED) is 0.312. The van der Waals surface area contributed by atoms with Crippen LogP contribution < -0.4 is 5.73 Å². The molecule has 192 valence electrons. The van der Waals surface area contributed by atoms with E-state index in [1.54, 1.807) is 6.92 Å². The largest absolute Gasteiger partial charge is 0.464 e. The molecule has 2 aliphatic carbocycles. The normalized spacial score (nSPS) is 25.6. The van der Waals surface area contributed by atoms with Crippen LogP contribution in [0.5, 0.6) is 0 Å². The Hall–Kier alpha value is -2.85. The summed E-state index contributed by atoms with van der Waals surface area (Å²) in [6.07, 6.45) is 3.18. The number of rotatable bonds is 8. The smallest absolute Gasteiger partial charge is 0.332 e. The van der Waals surface area contributed by atoms with E-state index < -0.39 is 41.0 Å². The Balaban J connectivity index is 1.85. The Bertz CT molecular complexity index is 1020. The molecule has 2 N–H and O–H groups in total. The number of nitrogens with two attached hydrogens (primary N) is 1. The van der Waals surface area contributed by atoms with Crippen LogP contribution in [0.4, 0.5) is 17.6 Å². The van der Waals surface area contributed by atoms with Crippen LogP contribution in [0.3, 0.4) is 0 Å². The highest BCUT2D eigenvalue weighted by Crippen LogP contribution is 2.56. The fraction of sp³-hybridized carbons (Fsp3) is 0.625. The molecule has 2 aliphatic heterocycles. The van der Waals surface area contributed by atoms with Crippen LogP contribution >= 0.6 is 0 Å². The molecule has 0 bridgehead atoms. The van der Waals surface area contributed by atoms with E-state index in [-0.39, 0.29) is 74.6 Å². The molecule has 0 spiro atoms. The Labute approximate surface area is 200 Å². The van der Waals surface area contributed by atoms with Gasteiger partial charge in [0.2, 0.25) is 11.8 Å². The van der Waals surface area contributed by atoms with Gasteiger partial charge in [-0.1, -0.05) is 0 Å². The molecule has 7 nitrogen and oxygen atoms in total. The Morgan fingerprint density at radius 3 is 2.34 bits per heavy atom. The molecule has 2 fully saturated rings. The van der Waals surface area contributed by atoms with Gasteiger partial charge in [-0.15, -0.1) is 0 Å². The maximum absolute atomic E-state index is 15.3. The molecule has 2 saturated carbocycles. The van der Waals surface area contributed by atoms with Gasteiger partial charge in [-0.3, -0.25) is 4.79 Å². The molecule has 0 radical (unpaired) electrons. The maximum atomic E-state index is 15.3. The summed E-state index contributed by atoms with van der Waals surface area (Å²) in [7, 11) is 0. The Kier molecular flexibility index (Phi) is 6.25. The number of halogens is 4. The molecule has 0 aromatic heterocycles. The van der Waals surface area contributed by atoms with E-state index >= 15 is 8.78 Å². The van der Waals surface area contributed by atoms with Crippen LogP contribution in [-0.4, -0.2) is 58.0 Å². The van der Waals surface area contributed by atoms with Crippen molar-refractivity contribution in [3.05, 3.63) is 34.9 Å². The van der Waals surface area contributed by atoms with E-state index in [0.29, 0.717) is 13.2 Å². The topological polar surface area (TPSA) is 92.9 Å². The lowest BCUT2D eigenvalue weighted by atomic mass is 9.83. The van der Waals surface area contributed by atoms with Crippen molar-refractivity contribution in [2.45, 2.75) is 82.2 Å². The minimum atomic E-state index is -3.45. The van der Waals surface area contributed by atoms with Crippen LogP contribution in [0.2, 0.25) is 0 Å². The lowest BCUT2D eigenvalue weighted by molar-refractivity contribution is -0.150. The average molecular weight is 500 g/mol. The molecule has 35 heavy (non-hydrogen) atoms. The molecule has 4 rings (SSSR count). The summed E-state index contributed by atoms with van der Waals surface area (Å²) in [5.41, 5.74) is 3.60. The number of ether oxygens (including phenoxy) is 1. The molecule has 0 saturated heterocycles. The number of allylic oxidation sites excluding steroid dienone is 2. The van der Waals surface area contributed by atoms with Crippen molar-refractivity contribution >= 4 is 18.2 Å². The lowest BCUT2D eigenvalue weighted by Crippen LogP contribution is -2.47. The molecular formula is C24H29F4N3O4. The third-order valence-corrected chi connectivity index (χ3v) is 7.16. The molecule has 1 unspecified atom stereocenters. The summed E-state index contributed by atoms with van der Waals surface area (Å²) >= 11 is 0. The van der Waals surface area contributed by atoms with Crippen LogP contribution in [0.1, 0.15) is 58.8 Å². The number of hydrogen-bond donors (Lipinski definition) is 1. The maximum Gasteiger partial charge on any atom is 0.332 e. The van der Waals surface area contributed by atoms with Crippen molar-refractivity contribution < 1.29 is 36.7 Å². The number of carbonyl (C=O) groups excluding carboxylic acids is 3. The monoisotopic (exact) mass is 499 g/mol. The third kappa shape index (κ3) is 4.45. The van der Waals surface area contributed by atoms with Crippen molar-refractivity contribution in [2.75, 3.05) is 6.61 Å². The van der Waals surface area contributed by atoms with Crippen LogP contribution in [0, 0.1) is 5.92 Å². The molecule has 11 heteroatoms. The molecule has 1 atom stereocenters. The van der Waals surface area contributed by atoms with E-state index in [9.17, 15) is 23.2 Å². The number of amides is 1. The summed E-state index contributed by atoms with van der Waals surface area (Å²) < 4.78 is 63.3. The fourth-order valence-corrected chi connectivity index (χ4v) is 5.33. The van der Waals surface area contributed by atoms with Gasteiger partial charge in [0, 0.05) is 31.0 Å². The summed E-state index contributed by atoms with van der Waals surface area (Å²) in [6.45, 7) is 2.35. The first-order valence-corrected chi connectivity index (χ1v) is 11.8. The molecule has 4 aliphatic rings. The predicted molar refractivity (Wildman–Crippen MR) is 117 cm³/mol. The van der Waals surface area contributed by atoms with E-state index in [2.05, 4.69) is 0 Å². The highest BCUT2D eigenvalue weighted by Gasteiger charge is 2.64. The lowest BCUT2D eigenvalue weighted by Gasteiger charge is -2.37. The third-order valence-electron chi connectivity index (χ3n) is 7.16. The van der Waals surface area contributed by atoms with Crippen LogP contribution in [0.15, 0.2) is 34.9 Å². The van der Waals surface area contributed by atoms with Crippen molar-refractivity contribution in [3.63, 3.8) is 0 Å². The molecule has 1 amide bonds. The van der Waals surface area contributed by atoms with E-state index in [1.807, 2.05) is 0 Å². The Morgan fingerprint density at radius 2 is 1.86 bits per heavy atom. The van der Waals surface area contributed by atoms with Gasteiger partial charge in [0.25, 0.3) is 5.92 Å². The van der Waals surface area contributed by atoms with Crippen molar-refractivity contribution in [3.8, 4) is 0 Å². The number of esters is 1. The molecular weight excluding hydrogens is 470 g/mol. The summed E-state index contributed by atoms with van der Waals surface area (Å²) in [5.74, 6) is -8.01. The average Bonchev–Trinajstić information content (AvgIpc) is 3.51. The standard InChI is InChI=1S/C24H29F4N3O4/c1-3-35-21(34)23(8-9-23)31-18-12-15(20(29)33)11-16(13-32)30(18)17(19(31)22(2,25)26)10-14-4-6-24(27,28)7-5-14/h11-14,16H,3-10H2,1-2H3,(H2,29,33). The van der Waals surface area contributed by atoms with Gasteiger partial charge < -0.3 is 25.1 Å². The minimum Gasteiger partial charge on any atom is -0.464 e. The molecule has 2 heterocycles. The SMILES string of the molecule is CCOC(=O)C1(N2C3=CC(C(N)=O)=CC(C=O)N3C(CC3CCC(F)(F)CC3)=C2C(C)(F)F)CC1. The molecule has 0 aromatic rings. The molecule has 0 aromatic carbocycles. The van der Waals surface area contributed by atoms with Crippen LogP contribution in [0.25, 0.3) is 0 Å². The first-order chi connectivity index (χ1) is 16.3. The van der Waals surface area contributed by atoms with Gasteiger partial charge >= 0.3 is 5.97 Å². The number of fused-ring (bicyclic) bond motifs is 1. The minimum absolute atomic E-state index is 0.0195. The number of primary amides is 1. The zero-order valence-corrected chi connectivity index (χ0v) is 19.7. The predicted octanol–water partition coefficient (Wildman–Crippen LogP) is 3.62. The highest BCUT2D eigenvalue weighted by atomic mass is 19.3. The van der Waals surface area contributed by atoms with Gasteiger partial charge in [0.15, 0.2) is 0 Å². The fourth-order valence-electron chi connectivity index (χ4n) is 5.33. The van der Waals surface area contributed by atoms with Crippen molar-refractivity contribution in [1.82, 2.24) is 9.80 Å². The second-order valence-corrected chi connectivity index (χ2v) is 9.76. The van der Waals surface area contributed by atoms with E-state index in [1.165, 1.54) is 22.0 Å². The Morgan fingerprint density at radius 1 is 1.23 bits per heavy atom. The van der Waals surface area contributed by atoms with Gasteiger partial charge in [-0.25, -0.2) is 13.6 Å². The van der Waals surface area contributed by atoms with Gasteiger partial charge in [-0.05, 0) is 57.1 Å². The van der Waals surface area contributed by atoms with Crippen molar-refractivity contribution in [1.29, 1.82) is 0 Å². The van der Waals surface area contributed by atoms with E-state index in [4.69, 9.17) is 10.5 Å². The first-order valence-electron chi connectivity index (χ1n) is 11.8. The second kappa shape index (κ2) is 8.67. The highest BCUT2D eigenvalue weighted by molar-refractivity contribution is 5.96. The number of aldehydes is 1. The van der Waals surface area contributed by atoms with Gasteiger partial charge in [0.05, 0.1) is 6.61 Å². The number of hydrogen-bond acceptors (Lipinski definition) is 6. The van der Waals surface area contributed by atoms with Gasteiger partial charge in [0.1, 0.15) is 29.4 Å². The number of alkyl halides is 4. The number of nitrogens with zero attached hydrogens (tertiary/aromatic N) is 2. The van der Waals surface area contributed by atoms with Gasteiger partial charge in [-0.2, -0.15) is 8.78 Å². The zero-order valence-electron chi connectivity index (χ0n) is 19.7. The number of carbonyl (C=O) groups is 3. The van der Waals surface area contributed by atoms with Crippen molar-refractivity contribution in [2.24, 2.45) is 11.7 Å². The summed E-state index contributed by atoms with van der Waals surface area (Å²) in [4.78, 5) is 39.6. The second-order valence-electron chi connectivity index (χ2n) is 9.76. The first kappa shape index (κ1) is 25.2. The zero-order chi connectivity index (χ0) is 25.8. The summed E-state index contributed by atoms with van der Waals surface area (Å²) in [5, 5.41) is 0. The summed E-state index contributed by atoms with van der Waals surface area (Å²) in [6, 6.07) is -1.13. The van der Waals surface area contributed by atoms with E-state index in [0.717, 1.165) is 0 Å².